The Hall–Kier alpha value is -3.18. The highest BCUT2D eigenvalue weighted by atomic mass is 35.5. The number of aryl methyl sites for hydroxylation is 2. The first-order valence-corrected chi connectivity index (χ1v) is 9.17. The third-order valence-corrected chi connectivity index (χ3v) is 4.50. The Kier molecular flexibility index (Phi) is 6.06. The van der Waals surface area contributed by atoms with E-state index in [0.29, 0.717) is 17.1 Å². The van der Waals surface area contributed by atoms with Crippen LogP contribution in [0.25, 0.3) is 0 Å². The molecule has 1 aromatic heterocycles. The van der Waals surface area contributed by atoms with E-state index < -0.39 is 0 Å². The van der Waals surface area contributed by atoms with Crippen LogP contribution in [-0.4, -0.2) is 16.8 Å². The third-order valence-electron chi connectivity index (χ3n) is 4.25. The molecule has 1 heterocycles. The highest BCUT2D eigenvalue weighted by Gasteiger charge is 2.13. The van der Waals surface area contributed by atoms with Crippen molar-refractivity contribution in [3.05, 3.63) is 93.8 Å². The molecule has 3 rings (SSSR count). The minimum atomic E-state index is -0.351. The van der Waals surface area contributed by atoms with Gasteiger partial charge in [-0.05, 0) is 55.3 Å². The van der Waals surface area contributed by atoms with Gasteiger partial charge in [0.2, 0.25) is 0 Å². The molecule has 6 heteroatoms. The van der Waals surface area contributed by atoms with Gasteiger partial charge < -0.3 is 10.6 Å². The Morgan fingerprint density at radius 3 is 2.43 bits per heavy atom. The fraction of sp³-hybridized carbons (Fsp3) is 0.136. The van der Waals surface area contributed by atoms with Gasteiger partial charge in [-0.15, -0.1) is 0 Å². The number of anilines is 1. The van der Waals surface area contributed by atoms with Crippen LogP contribution in [0.3, 0.4) is 0 Å². The lowest BCUT2D eigenvalue weighted by Gasteiger charge is -2.10. The molecule has 0 fully saturated rings. The molecule has 2 N–H and O–H groups in total. The van der Waals surface area contributed by atoms with Crippen LogP contribution in [0, 0.1) is 13.8 Å². The van der Waals surface area contributed by atoms with Crippen molar-refractivity contribution in [1.82, 2.24) is 10.3 Å². The molecule has 28 heavy (non-hydrogen) atoms. The van der Waals surface area contributed by atoms with Crippen molar-refractivity contribution in [1.29, 1.82) is 0 Å². The molecule has 0 aliphatic heterocycles. The molecule has 2 aromatic carbocycles. The summed E-state index contributed by atoms with van der Waals surface area (Å²) in [5.74, 6) is -0.641. The van der Waals surface area contributed by atoms with Gasteiger partial charge in [0.15, 0.2) is 0 Å². The Morgan fingerprint density at radius 1 is 0.964 bits per heavy atom. The summed E-state index contributed by atoms with van der Waals surface area (Å²) in [6, 6.07) is 16.1. The Balaban J connectivity index is 1.67. The lowest BCUT2D eigenvalue weighted by atomic mass is 10.1. The maximum Gasteiger partial charge on any atom is 0.270 e. The van der Waals surface area contributed by atoms with Crippen molar-refractivity contribution in [3.63, 3.8) is 0 Å². The van der Waals surface area contributed by atoms with Crippen LogP contribution in [0.15, 0.2) is 60.8 Å². The molecular formula is C22H20ClN3O2. The average molecular weight is 394 g/mol. The van der Waals surface area contributed by atoms with E-state index in [1.54, 1.807) is 18.2 Å². The van der Waals surface area contributed by atoms with Crippen molar-refractivity contribution in [2.24, 2.45) is 0 Å². The average Bonchev–Trinajstić information content (AvgIpc) is 2.69. The van der Waals surface area contributed by atoms with Crippen LogP contribution in [0.2, 0.25) is 5.02 Å². The van der Waals surface area contributed by atoms with E-state index in [2.05, 4.69) is 15.6 Å². The van der Waals surface area contributed by atoms with Crippen molar-refractivity contribution in [3.8, 4) is 0 Å². The second kappa shape index (κ2) is 8.67. The molecule has 0 saturated carbocycles. The van der Waals surface area contributed by atoms with E-state index in [4.69, 9.17) is 11.6 Å². The summed E-state index contributed by atoms with van der Waals surface area (Å²) in [6.45, 7) is 4.28. The standard InChI is InChI=1S/C22H20ClN3O2/c1-14-3-8-19(15(2)11-14)26-21(27)17-9-10-24-20(12-17)22(28)25-13-16-4-6-18(23)7-5-16/h3-12H,13H2,1-2H3,(H,25,28)(H,26,27). The van der Waals surface area contributed by atoms with Crippen LogP contribution in [0.1, 0.15) is 37.5 Å². The van der Waals surface area contributed by atoms with Gasteiger partial charge in [0.25, 0.3) is 11.8 Å². The van der Waals surface area contributed by atoms with E-state index >= 15 is 0 Å². The SMILES string of the molecule is Cc1ccc(NC(=O)c2ccnc(C(=O)NCc3ccc(Cl)cc3)c2)c(C)c1. The maximum absolute atomic E-state index is 12.6. The van der Waals surface area contributed by atoms with Gasteiger partial charge in [-0.25, -0.2) is 0 Å². The van der Waals surface area contributed by atoms with Crippen molar-refractivity contribution in [2.75, 3.05) is 5.32 Å². The predicted octanol–water partition coefficient (Wildman–Crippen LogP) is 4.53. The second-order valence-corrected chi connectivity index (χ2v) is 6.95. The van der Waals surface area contributed by atoms with E-state index in [0.717, 1.165) is 22.4 Å². The number of carbonyl (C=O) groups excluding carboxylic acids is 2. The summed E-state index contributed by atoms with van der Waals surface area (Å²) in [5, 5.41) is 6.30. The number of amides is 2. The Morgan fingerprint density at radius 2 is 1.71 bits per heavy atom. The topological polar surface area (TPSA) is 71.1 Å². The molecule has 0 radical (unpaired) electrons. The maximum atomic E-state index is 12.6. The summed E-state index contributed by atoms with van der Waals surface area (Å²) in [4.78, 5) is 29.0. The number of nitrogens with zero attached hydrogens (tertiary/aromatic N) is 1. The lowest BCUT2D eigenvalue weighted by Crippen LogP contribution is -2.24. The van der Waals surface area contributed by atoms with E-state index in [1.807, 2.05) is 44.2 Å². The summed E-state index contributed by atoms with van der Waals surface area (Å²) in [5.41, 5.74) is 4.30. The number of pyridine rings is 1. The summed E-state index contributed by atoms with van der Waals surface area (Å²) in [6.07, 6.45) is 1.45. The van der Waals surface area contributed by atoms with Crippen molar-refractivity contribution < 1.29 is 9.59 Å². The van der Waals surface area contributed by atoms with E-state index in [9.17, 15) is 9.59 Å². The molecule has 0 saturated heterocycles. The summed E-state index contributed by atoms with van der Waals surface area (Å²) >= 11 is 5.86. The molecule has 0 atom stereocenters. The van der Waals surface area contributed by atoms with Crippen molar-refractivity contribution >= 4 is 29.1 Å². The van der Waals surface area contributed by atoms with Crippen LogP contribution in [0.5, 0.6) is 0 Å². The highest BCUT2D eigenvalue weighted by Crippen LogP contribution is 2.17. The first-order valence-electron chi connectivity index (χ1n) is 8.79. The molecule has 0 bridgehead atoms. The van der Waals surface area contributed by atoms with Gasteiger partial charge in [-0.2, -0.15) is 0 Å². The van der Waals surface area contributed by atoms with E-state index in [1.165, 1.54) is 12.3 Å². The lowest BCUT2D eigenvalue weighted by molar-refractivity contribution is 0.0946. The number of benzene rings is 2. The van der Waals surface area contributed by atoms with Crippen LogP contribution >= 0.6 is 11.6 Å². The first kappa shape index (κ1) is 19.6. The molecule has 0 aliphatic rings. The summed E-state index contributed by atoms with van der Waals surface area (Å²) < 4.78 is 0. The largest absolute Gasteiger partial charge is 0.347 e. The number of halogens is 1. The third kappa shape index (κ3) is 4.96. The van der Waals surface area contributed by atoms with Gasteiger partial charge in [0.1, 0.15) is 5.69 Å². The van der Waals surface area contributed by atoms with Gasteiger partial charge in [-0.3, -0.25) is 14.6 Å². The smallest absolute Gasteiger partial charge is 0.270 e. The highest BCUT2D eigenvalue weighted by molar-refractivity contribution is 6.30. The first-order chi connectivity index (χ1) is 13.4. The fourth-order valence-corrected chi connectivity index (χ4v) is 2.85. The Bertz CT molecular complexity index is 1020. The minimum absolute atomic E-state index is 0.183. The zero-order valence-corrected chi connectivity index (χ0v) is 16.4. The van der Waals surface area contributed by atoms with Crippen LogP contribution < -0.4 is 10.6 Å². The Labute approximate surface area is 168 Å². The van der Waals surface area contributed by atoms with Crippen molar-refractivity contribution in [2.45, 2.75) is 20.4 Å². The fourth-order valence-electron chi connectivity index (χ4n) is 2.72. The minimum Gasteiger partial charge on any atom is -0.347 e. The monoisotopic (exact) mass is 393 g/mol. The molecule has 5 nitrogen and oxygen atoms in total. The number of rotatable bonds is 5. The molecule has 0 unspecified atom stereocenters. The van der Waals surface area contributed by atoms with Crippen LogP contribution in [-0.2, 0) is 6.54 Å². The molecular weight excluding hydrogens is 374 g/mol. The van der Waals surface area contributed by atoms with Gasteiger partial charge in [-0.1, -0.05) is 41.4 Å². The van der Waals surface area contributed by atoms with Gasteiger partial charge in [0, 0.05) is 29.0 Å². The van der Waals surface area contributed by atoms with Gasteiger partial charge >= 0.3 is 0 Å². The molecule has 3 aromatic rings. The molecule has 142 valence electrons. The number of hydrogen-bond donors (Lipinski definition) is 2. The number of hydrogen-bond acceptors (Lipinski definition) is 3. The molecule has 2 amide bonds. The predicted molar refractivity (Wildman–Crippen MR) is 111 cm³/mol. The second-order valence-electron chi connectivity index (χ2n) is 6.51. The quantitative estimate of drug-likeness (QED) is 0.668. The number of carbonyl (C=O) groups is 2. The normalized spacial score (nSPS) is 10.4. The summed E-state index contributed by atoms with van der Waals surface area (Å²) in [7, 11) is 0. The van der Waals surface area contributed by atoms with Crippen LogP contribution in [0.4, 0.5) is 5.69 Å². The number of nitrogens with one attached hydrogen (secondary N) is 2. The van der Waals surface area contributed by atoms with E-state index in [-0.39, 0.29) is 17.5 Å². The zero-order valence-electron chi connectivity index (χ0n) is 15.6. The zero-order chi connectivity index (χ0) is 20.1. The molecule has 0 spiro atoms. The van der Waals surface area contributed by atoms with Gasteiger partial charge in [0.05, 0.1) is 0 Å². The molecule has 0 aliphatic carbocycles. The number of aromatic nitrogens is 1.